The fraction of sp³-hybridized carbons (Fsp3) is 0.323. The molecule has 0 spiro atoms. The fourth-order valence-electron chi connectivity index (χ4n) is 5.43. The van der Waals surface area contributed by atoms with Gasteiger partial charge in [-0.2, -0.15) is 0 Å². The van der Waals surface area contributed by atoms with Gasteiger partial charge in [0.2, 0.25) is 11.8 Å². The van der Waals surface area contributed by atoms with Crippen LogP contribution in [-0.4, -0.2) is 46.4 Å². The SMILES string of the molecule is CCOc1ccccc1NC(=O)C1C(=O)CC(C)(O)C(C(=O)Nc2ccccc2OCC)C1c1ccc([N+](=O)[O-])cc1. The highest BCUT2D eigenvalue weighted by molar-refractivity contribution is 6.11. The van der Waals surface area contributed by atoms with Crippen molar-refractivity contribution in [2.24, 2.45) is 11.8 Å². The Morgan fingerprint density at radius 3 is 1.90 bits per heavy atom. The number of amides is 2. The molecule has 0 aliphatic heterocycles. The zero-order valence-electron chi connectivity index (χ0n) is 23.5. The average molecular weight is 576 g/mol. The van der Waals surface area contributed by atoms with E-state index in [1.165, 1.54) is 31.2 Å². The Labute approximate surface area is 243 Å². The largest absolute Gasteiger partial charge is 0.492 e. The summed E-state index contributed by atoms with van der Waals surface area (Å²) in [6, 6.07) is 18.8. The van der Waals surface area contributed by atoms with Gasteiger partial charge in [0.05, 0.1) is 41.0 Å². The maximum atomic E-state index is 14.0. The van der Waals surface area contributed by atoms with Gasteiger partial charge in [-0.3, -0.25) is 24.5 Å². The number of nitro groups is 1. The molecule has 1 aliphatic rings. The van der Waals surface area contributed by atoms with Crippen molar-refractivity contribution >= 4 is 34.7 Å². The molecule has 1 aliphatic carbocycles. The number of carbonyl (C=O) groups is 3. The second-order valence-corrected chi connectivity index (χ2v) is 10.2. The van der Waals surface area contributed by atoms with Gasteiger partial charge in [0.1, 0.15) is 23.2 Å². The Kier molecular flexibility index (Phi) is 9.21. The number of para-hydroxylation sites is 4. The van der Waals surface area contributed by atoms with E-state index in [4.69, 9.17) is 9.47 Å². The van der Waals surface area contributed by atoms with E-state index in [1.807, 2.05) is 0 Å². The molecule has 11 nitrogen and oxygen atoms in total. The van der Waals surface area contributed by atoms with Gasteiger partial charge in [-0.15, -0.1) is 0 Å². The first kappa shape index (κ1) is 30.2. The zero-order chi connectivity index (χ0) is 30.4. The molecule has 2 amide bonds. The minimum absolute atomic E-state index is 0.203. The number of nitrogens with zero attached hydrogens (tertiary/aromatic N) is 1. The van der Waals surface area contributed by atoms with Crippen molar-refractivity contribution in [2.45, 2.75) is 38.7 Å². The van der Waals surface area contributed by atoms with Gasteiger partial charge in [-0.25, -0.2) is 0 Å². The predicted octanol–water partition coefficient (Wildman–Crippen LogP) is 4.71. The maximum absolute atomic E-state index is 14.0. The molecular formula is C31H33N3O8. The van der Waals surface area contributed by atoms with E-state index in [1.54, 1.807) is 62.4 Å². The smallest absolute Gasteiger partial charge is 0.269 e. The van der Waals surface area contributed by atoms with Crippen LogP contribution in [0.5, 0.6) is 11.5 Å². The van der Waals surface area contributed by atoms with Crippen LogP contribution in [0.3, 0.4) is 0 Å². The molecule has 0 bridgehead atoms. The van der Waals surface area contributed by atoms with Gasteiger partial charge in [0, 0.05) is 24.5 Å². The molecule has 3 aromatic carbocycles. The number of ketones is 1. The van der Waals surface area contributed by atoms with E-state index in [0.717, 1.165) is 0 Å². The van der Waals surface area contributed by atoms with Crippen LogP contribution >= 0.6 is 0 Å². The Balaban J connectivity index is 1.79. The molecule has 0 heterocycles. The number of aliphatic hydroxyl groups is 1. The molecule has 3 aromatic rings. The van der Waals surface area contributed by atoms with Gasteiger partial charge >= 0.3 is 0 Å². The number of ether oxygens (including phenoxy) is 2. The van der Waals surface area contributed by atoms with Crippen molar-refractivity contribution < 1.29 is 33.9 Å². The highest BCUT2D eigenvalue weighted by Gasteiger charge is 2.56. The Morgan fingerprint density at radius 2 is 1.40 bits per heavy atom. The minimum Gasteiger partial charge on any atom is -0.492 e. The fourth-order valence-corrected chi connectivity index (χ4v) is 5.43. The van der Waals surface area contributed by atoms with Crippen LogP contribution in [0.1, 0.15) is 38.7 Å². The summed E-state index contributed by atoms with van der Waals surface area (Å²) >= 11 is 0. The number of Topliss-reactive ketones (excluding diaryl/α,β-unsaturated/α-hetero) is 1. The summed E-state index contributed by atoms with van der Waals surface area (Å²) < 4.78 is 11.2. The summed E-state index contributed by atoms with van der Waals surface area (Å²) in [4.78, 5) is 52.1. The average Bonchev–Trinajstić information content (AvgIpc) is 2.94. The number of benzene rings is 3. The van der Waals surface area contributed by atoms with Crippen LogP contribution in [-0.2, 0) is 14.4 Å². The predicted molar refractivity (Wildman–Crippen MR) is 156 cm³/mol. The molecule has 220 valence electrons. The number of nitro benzene ring substituents is 1. The summed E-state index contributed by atoms with van der Waals surface area (Å²) in [6.07, 6.45) is -0.465. The number of hydrogen-bond donors (Lipinski definition) is 3. The lowest BCUT2D eigenvalue weighted by Gasteiger charge is -2.44. The van der Waals surface area contributed by atoms with Gasteiger partial charge in [0.25, 0.3) is 5.69 Å². The first-order valence-electron chi connectivity index (χ1n) is 13.6. The van der Waals surface area contributed by atoms with Crippen LogP contribution in [0.25, 0.3) is 0 Å². The number of hydrogen-bond acceptors (Lipinski definition) is 8. The first-order chi connectivity index (χ1) is 20.1. The molecule has 3 N–H and O–H groups in total. The lowest BCUT2D eigenvalue weighted by Crippen LogP contribution is -2.56. The van der Waals surface area contributed by atoms with Gasteiger partial charge in [-0.1, -0.05) is 36.4 Å². The number of non-ortho nitro benzene ring substituents is 1. The van der Waals surface area contributed by atoms with E-state index in [0.29, 0.717) is 41.7 Å². The highest BCUT2D eigenvalue weighted by atomic mass is 16.6. The third-order valence-corrected chi connectivity index (χ3v) is 7.21. The van der Waals surface area contributed by atoms with E-state index >= 15 is 0 Å². The van der Waals surface area contributed by atoms with Crippen molar-refractivity contribution in [3.8, 4) is 11.5 Å². The number of anilines is 2. The van der Waals surface area contributed by atoms with E-state index < -0.39 is 52.3 Å². The summed E-state index contributed by atoms with van der Waals surface area (Å²) in [5.41, 5.74) is -1.06. The number of nitrogens with one attached hydrogen (secondary N) is 2. The second kappa shape index (κ2) is 12.8. The molecule has 4 unspecified atom stereocenters. The first-order valence-corrected chi connectivity index (χ1v) is 13.6. The second-order valence-electron chi connectivity index (χ2n) is 10.2. The van der Waals surface area contributed by atoms with Crippen molar-refractivity contribution in [1.82, 2.24) is 0 Å². The van der Waals surface area contributed by atoms with E-state index in [-0.39, 0.29) is 5.69 Å². The van der Waals surface area contributed by atoms with Crippen LogP contribution in [0.4, 0.5) is 17.1 Å². The summed E-state index contributed by atoms with van der Waals surface area (Å²) in [7, 11) is 0. The molecule has 42 heavy (non-hydrogen) atoms. The Bertz CT molecular complexity index is 1470. The lowest BCUT2D eigenvalue weighted by molar-refractivity contribution is -0.384. The van der Waals surface area contributed by atoms with Gasteiger partial charge in [-0.05, 0) is 50.6 Å². The molecule has 4 rings (SSSR count). The zero-order valence-corrected chi connectivity index (χ0v) is 23.5. The normalized spacial score (nSPS) is 21.7. The minimum atomic E-state index is -1.85. The van der Waals surface area contributed by atoms with Gasteiger partial charge < -0.3 is 25.2 Å². The Hall–Kier alpha value is -4.77. The van der Waals surface area contributed by atoms with Gasteiger partial charge in [0.15, 0.2) is 0 Å². The third-order valence-electron chi connectivity index (χ3n) is 7.21. The monoisotopic (exact) mass is 575 g/mol. The molecule has 11 heteroatoms. The quantitative estimate of drug-likeness (QED) is 0.178. The van der Waals surface area contributed by atoms with Crippen LogP contribution < -0.4 is 20.1 Å². The Morgan fingerprint density at radius 1 is 0.905 bits per heavy atom. The van der Waals surface area contributed by atoms with Crippen LogP contribution in [0, 0.1) is 22.0 Å². The number of carbonyl (C=O) groups excluding carboxylic acids is 3. The standard InChI is InChI=1S/C31H33N3O8/c1-4-41-24-12-8-6-10-21(24)32-29(36)27-23(35)18-31(3,38)28(26(27)19-14-16-20(17-15-19)34(39)40)30(37)33-22-11-7-9-13-25(22)42-5-2/h6-17,26-28,38H,4-5,18H2,1-3H3,(H,32,36)(H,33,37). The maximum Gasteiger partial charge on any atom is 0.269 e. The highest BCUT2D eigenvalue weighted by Crippen LogP contribution is 2.47. The summed E-state index contributed by atoms with van der Waals surface area (Å²) in [6.45, 7) is 5.66. The molecule has 4 atom stereocenters. The van der Waals surface area contributed by atoms with Crippen molar-refractivity contribution in [2.75, 3.05) is 23.8 Å². The molecule has 0 radical (unpaired) electrons. The van der Waals surface area contributed by atoms with E-state index in [9.17, 15) is 29.6 Å². The van der Waals surface area contributed by atoms with Crippen LogP contribution in [0.15, 0.2) is 72.8 Å². The molecule has 0 aromatic heterocycles. The summed E-state index contributed by atoms with van der Waals surface area (Å²) in [5, 5.41) is 28.4. The van der Waals surface area contributed by atoms with E-state index in [2.05, 4.69) is 10.6 Å². The molecule has 1 fully saturated rings. The van der Waals surface area contributed by atoms with Crippen molar-refractivity contribution in [1.29, 1.82) is 0 Å². The van der Waals surface area contributed by atoms with Crippen molar-refractivity contribution in [3.63, 3.8) is 0 Å². The lowest BCUT2D eigenvalue weighted by atomic mass is 9.61. The van der Waals surface area contributed by atoms with Crippen molar-refractivity contribution in [3.05, 3.63) is 88.5 Å². The number of rotatable bonds is 10. The third kappa shape index (κ3) is 6.41. The molecule has 1 saturated carbocycles. The topological polar surface area (TPSA) is 157 Å². The van der Waals surface area contributed by atoms with Crippen LogP contribution in [0.2, 0.25) is 0 Å². The molecule has 0 saturated heterocycles. The summed E-state index contributed by atoms with van der Waals surface area (Å²) in [5.74, 6) is -4.97. The molecular weight excluding hydrogens is 542 g/mol.